The number of nitrogens with two attached hydrogens (primary N) is 2. The van der Waals surface area contributed by atoms with Crippen molar-refractivity contribution in [3.05, 3.63) is 100 Å². The average molecular weight is 602 g/mol. The molecule has 1 aliphatic rings. The number of nitrogen functional groups attached to an aromatic ring is 1. The molecule has 212 valence electrons. The maximum absolute atomic E-state index is 13.1. The molecule has 0 aliphatic carbocycles. The lowest BCUT2D eigenvalue weighted by Crippen LogP contribution is -2.44. The molecule has 5 aromatic rings. The fourth-order valence-corrected chi connectivity index (χ4v) is 5.72. The summed E-state index contributed by atoms with van der Waals surface area (Å²) in [5.41, 5.74) is 16.3. The number of benzene rings is 3. The number of aromatic nitrogens is 6. The molecule has 0 bridgehead atoms. The van der Waals surface area contributed by atoms with Gasteiger partial charge in [0.1, 0.15) is 12.5 Å². The van der Waals surface area contributed by atoms with E-state index in [1.165, 1.54) is 11.0 Å². The number of hydrogen-bond acceptors (Lipinski definition) is 8. The molecule has 1 amide bonds. The van der Waals surface area contributed by atoms with Crippen LogP contribution in [0.2, 0.25) is 5.02 Å². The van der Waals surface area contributed by atoms with Gasteiger partial charge in [0, 0.05) is 40.7 Å². The smallest absolute Gasteiger partial charge is 0.245 e. The summed E-state index contributed by atoms with van der Waals surface area (Å²) in [4.78, 5) is 16.8. The molecule has 0 saturated carbocycles. The lowest BCUT2D eigenvalue weighted by Gasteiger charge is -2.28. The van der Waals surface area contributed by atoms with Gasteiger partial charge in [0.05, 0.1) is 11.2 Å². The van der Waals surface area contributed by atoms with Gasteiger partial charge in [-0.25, -0.2) is 0 Å². The first kappa shape index (κ1) is 27.6. The normalized spacial score (nSPS) is 19.4. The minimum Gasteiger partial charge on any atom is -0.382 e. The monoisotopic (exact) mass is 600 g/mol. The molecule has 2 aromatic heterocycles. The van der Waals surface area contributed by atoms with E-state index in [-0.39, 0.29) is 0 Å². The zero-order chi connectivity index (χ0) is 29.4. The van der Waals surface area contributed by atoms with E-state index in [9.17, 15) is 4.79 Å². The second-order valence-electron chi connectivity index (χ2n) is 10.0. The quantitative estimate of drug-likeness (QED) is 0.139. The summed E-state index contributed by atoms with van der Waals surface area (Å²) >= 11 is 13.5. The van der Waals surface area contributed by atoms with Crippen LogP contribution in [-0.2, 0) is 23.3 Å². The molecule has 0 fully saturated rings. The van der Waals surface area contributed by atoms with E-state index in [1.54, 1.807) is 35.2 Å². The van der Waals surface area contributed by atoms with Gasteiger partial charge in [-0.2, -0.15) is 9.78 Å². The van der Waals surface area contributed by atoms with Gasteiger partial charge in [-0.3, -0.25) is 19.8 Å². The molecule has 1 aliphatic heterocycles. The SMILES string of the molecule is Cn1nc(N)c2ccc(C3(Cl)C=NC([C@@H](Cc4ccccc4)C(=Cc4cc(Cl)ccc4-n4cnnn4)C(N)=O)N3)cc21. The van der Waals surface area contributed by atoms with Crippen molar-refractivity contribution in [2.75, 3.05) is 5.73 Å². The number of fused-ring (bicyclic) bond motifs is 1. The standard InChI is InChI=1S/C29H26Cl2N10O/c1-40-25-14-19(7-9-21(25)26(32)37-40)29(31)15-34-28(36-29)23(11-17-5-3-2-4-6-17)22(27(33)42)13-18-12-20(30)8-10-24(18)41-16-35-38-39-41/h2-10,12-16,23,28,36H,11H2,1H3,(H2,32,37)(H2,33,42)/t23-,28?,29?/m0/s1. The second kappa shape index (κ2) is 11.0. The molecular weight excluding hydrogens is 575 g/mol. The average Bonchev–Trinajstić information content (AvgIpc) is 3.72. The molecule has 0 spiro atoms. The number of anilines is 1. The van der Waals surface area contributed by atoms with E-state index in [0.29, 0.717) is 34.1 Å². The summed E-state index contributed by atoms with van der Waals surface area (Å²) in [5.74, 6) is -0.664. The number of halogens is 2. The molecule has 3 heterocycles. The number of tetrazole rings is 1. The zero-order valence-electron chi connectivity index (χ0n) is 22.4. The third-order valence-electron chi connectivity index (χ3n) is 7.33. The van der Waals surface area contributed by atoms with Crippen molar-refractivity contribution in [1.82, 2.24) is 35.3 Å². The molecule has 11 nitrogen and oxygen atoms in total. The molecular formula is C29H26Cl2N10O. The first-order valence-corrected chi connectivity index (χ1v) is 13.8. The number of alkyl halides is 1. The summed E-state index contributed by atoms with van der Waals surface area (Å²) in [6.07, 6.45) is 4.69. The Kier molecular flexibility index (Phi) is 7.23. The second-order valence-corrected chi connectivity index (χ2v) is 11.1. The molecule has 0 radical (unpaired) electrons. The number of nitrogens with one attached hydrogen (secondary N) is 1. The van der Waals surface area contributed by atoms with E-state index in [1.807, 2.05) is 55.6 Å². The molecule has 6 rings (SSSR count). The van der Waals surface area contributed by atoms with Crippen LogP contribution in [0, 0.1) is 5.92 Å². The number of primary amides is 1. The van der Waals surface area contributed by atoms with Gasteiger partial charge in [0.15, 0.2) is 10.8 Å². The van der Waals surface area contributed by atoms with Crippen LogP contribution in [-0.4, -0.2) is 48.3 Å². The number of aryl methyl sites for hydroxylation is 1. The molecule has 5 N–H and O–H groups in total. The maximum Gasteiger partial charge on any atom is 0.245 e. The first-order valence-electron chi connectivity index (χ1n) is 13.0. The Morgan fingerprint density at radius 2 is 1.98 bits per heavy atom. The first-order chi connectivity index (χ1) is 20.2. The number of hydrogen-bond donors (Lipinski definition) is 3. The van der Waals surface area contributed by atoms with Crippen molar-refractivity contribution in [2.45, 2.75) is 17.6 Å². The predicted molar refractivity (Wildman–Crippen MR) is 163 cm³/mol. The summed E-state index contributed by atoms with van der Waals surface area (Å²) in [6, 6.07) is 20.7. The highest BCUT2D eigenvalue weighted by atomic mass is 35.5. The minimum absolute atomic E-state index is 0.334. The fourth-order valence-electron chi connectivity index (χ4n) is 5.26. The summed E-state index contributed by atoms with van der Waals surface area (Å²) in [5, 5.41) is 20.5. The zero-order valence-corrected chi connectivity index (χ0v) is 23.9. The fraction of sp³-hybridized carbons (Fsp3) is 0.172. The van der Waals surface area contributed by atoms with Crippen LogP contribution in [0.1, 0.15) is 16.7 Å². The van der Waals surface area contributed by atoms with Crippen molar-refractivity contribution in [2.24, 2.45) is 23.7 Å². The lowest BCUT2D eigenvalue weighted by atomic mass is 9.87. The summed E-state index contributed by atoms with van der Waals surface area (Å²) < 4.78 is 3.20. The van der Waals surface area contributed by atoms with Gasteiger partial charge in [0.2, 0.25) is 5.91 Å². The molecule has 3 aromatic carbocycles. The van der Waals surface area contributed by atoms with Gasteiger partial charge < -0.3 is 11.5 Å². The van der Waals surface area contributed by atoms with Crippen LogP contribution in [0.25, 0.3) is 22.7 Å². The van der Waals surface area contributed by atoms with Crippen molar-refractivity contribution < 1.29 is 4.79 Å². The van der Waals surface area contributed by atoms with Crippen molar-refractivity contribution >= 4 is 58.1 Å². The number of aliphatic imine (C=N–C) groups is 1. The van der Waals surface area contributed by atoms with Crippen LogP contribution < -0.4 is 16.8 Å². The van der Waals surface area contributed by atoms with Gasteiger partial charge >= 0.3 is 0 Å². The highest BCUT2D eigenvalue weighted by molar-refractivity contribution is 6.32. The van der Waals surface area contributed by atoms with Crippen molar-refractivity contribution in [3.8, 4) is 5.69 Å². The van der Waals surface area contributed by atoms with E-state index in [2.05, 4.69) is 25.9 Å². The largest absolute Gasteiger partial charge is 0.382 e. The van der Waals surface area contributed by atoms with Crippen molar-refractivity contribution in [1.29, 1.82) is 0 Å². The van der Waals surface area contributed by atoms with Crippen molar-refractivity contribution in [3.63, 3.8) is 0 Å². The maximum atomic E-state index is 13.1. The number of carbonyl (C=O) groups is 1. The minimum atomic E-state index is -1.15. The molecule has 0 saturated heterocycles. The number of nitrogens with zero attached hydrogens (tertiary/aromatic N) is 7. The summed E-state index contributed by atoms with van der Waals surface area (Å²) in [6.45, 7) is 0. The van der Waals surface area contributed by atoms with E-state index < -0.39 is 23.0 Å². The summed E-state index contributed by atoms with van der Waals surface area (Å²) in [7, 11) is 1.82. The highest BCUT2D eigenvalue weighted by Crippen LogP contribution is 2.36. The van der Waals surface area contributed by atoms with Gasteiger partial charge in [-0.05, 0) is 64.4 Å². The Hall–Kier alpha value is -4.58. The van der Waals surface area contributed by atoms with Crippen LogP contribution in [0.4, 0.5) is 5.82 Å². The molecule has 3 atom stereocenters. The van der Waals surface area contributed by atoms with Gasteiger partial charge in [-0.15, -0.1) is 5.10 Å². The Balaban J connectivity index is 1.41. The molecule has 42 heavy (non-hydrogen) atoms. The van der Waals surface area contributed by atoms with E-state index in [0.717, 1.165) is 22.0 Å². The Morgan fingerprint density at radius 3 is 2.71 bits per heavy atom. The topological polar surface area (TPSA) is 155 Å². The highest BCUT2D eigenvalue weighted by Gasteiger charge is 2.40. The predicted octanol–water partition coefficient (Wildman–Crippen LogP) is 3.60. The van der Waals surface area contributed by atoms with Crippen LogP contribution in [0.15, 0.2) is 83.6 Å². The van der Waals surface area contributed by atoms with Crippen LogP contribution >= 0.6 is 23.2 Å². The van der Waals surface area contributed by atoms with E-state index in [4.69, 9.17) is 39.7 Å². The Bertz CT molecular complexity index is 1830. The lowest BCUT2D eigenvalue weighted by molar-refractivity contribution is -0.115. The third kappa shape index (κ3) is 5.25. The van der Waals surface area contributed by atoms with Crippen LogP contribution in [0.3, 0.4) is 0 Å². The number of amides is 1. The third-order valence-corrected chi connectivity index (χ3v) is 7.99. The number of carbonyl (C=O) groups excluding carboxylic acids is 1. The van der Waals surface area contributed by atoms with E-state index >= 15 is 0 Å². The molecule has 13 heteroatoms. The Labute approximate surface area is 250 Å². The van der Waals surface area contributed by atoms with Gasteiger partial charge in [-0.1, -0.05) is 59.6 Å². The Morgan fingerprint density at radius 1 is 1.17 bits per heavy atom. The van der Waals surface area contributed by atoms with Crippen LogP contribution in [0.5, 0.6) is 0 Å². The van der Waals surface area contributed by atoms with Gasteiger partial charge in [0.25, 0.3) is 0 Å². The molecule has 2 unspecified atom stereocenters. The number of rotatable bonds is 8.